The second-order valence-corrected chi connectivity index (χ2v) is 6.14. The van der Waals surface area contributed by atoms with Gasteiger partial charge in [-0.1, -0.05) is 26.0 Å². The lowest BCUT2D eigenvalue weighted by Crippen LogP contribution is -2.32. The third kappa shape index (κ3) is 6.35. The first-order chi connectivity index (χ1) is 9.28. The van der Waals surface area contributed by atoms with Gasteiger partial charge in [-0.3, -0.25) is 4.72 Å². The summed E-state index contributed by atoms with van der Waals surface area (Å²) >= 11 is 0. The fraction of sp³-hybridized carbons (Fsp3) is 0.308. The molecule has 0 radical (unpaired) electrons. The Labute approximate surface area is 118 Å². The summed E-state index contributed by atoms with van der Waals surface area (Å²) in [4.78, 5) is 10.4. The number of hydrogen-bond acceptors (Lipinski definition) is 3. The fourth-order valence-electron chi connectivity index (χ4n) is 1.30. The van der Waals surface area contributed by atoms with Crippen LogP contribution in [-0.4, -0.2) is 26.0 Å². The van der Waals surface area contributed by atoms with E-state index < -0.39 is 16.2 Å². The summed E-state index contributed by atoms with van der Waals surface area (Å²) in [6, 6.07) is 6.38. The molecule has 0 unspecified atom stereocenters. The molecule has 3 N–H and O–H groups in total. The van der Waals surface area contributed by atoms with E-state index in [9.17, 15) is 13.2 Å². The van der Waals surface area contributed by atoms with Gasteiger partial charge in [-0.25, -0.2) is 4.79 Å². The molecule has 0 fully saturated rings. The standard InChI is InChI=1S/C13H18N2O4S/c1-10(2)9-14-20(18,19)15-12-6-3-11(4-7-12)5-8-13(16)17/h3-8,10,14-15H,9H2,1-2H3,(H,16,17)/b8-5+. The molecule has 0 atom stereocenters. The van der Waals surface area contributed by atoms with E-state index >= 15 is 0 Å². The number of nitrogens with one attached hydrogen (secondary N) is 2. The first-order valence-corrected chi connectivity index (χ1v) is 7.55. The van der Waals surface area contributed by atoms with Crippen molar-refractivity contribution in [2.45, 2.75) is 13.8 Å². The smallest absolute Gasteiger partial charge is 0.328 e. The fourth-order valence-corrected chi connectivity index (χ4v) is 2.37. The van der Waals surface area contributed by atoms with Crippen molar-refractivity contribution in [3.05, 3.63) is 35.9 Å². The third-order valence-electron chi connectivity index (χ3n) is 2.26. The second kappa shape index (κ2) is 7.06. The maximum Gasteiger partial charge on any atom is 0.328 e. The van der Waals surface area contributed by atoms with E-state index in [1.54, 1.807) is 24.3 Å². The highest BCUT2D eigenvalue weighted by Crippen LogP contribution is 2.12. The van der Waals surface area contributed by atoms with Gasteiger partial charge < -0.3 is 5.11 Å². The Kier molecular flexibility index (Phi) is 5.72. The lowest BCUT2D eigenvalue weighted by Gasteiger charge is -2.10. The molecule has 0 aliphatic carbocycles. The molecule has 110 valence electrons. The highest BCUT2D eigenvalue weighted by Gasteiger charge is 2.09. The highest BCUT2D eigenvalue weighted by molar-refractivity contribution is 7.90. The molecule has 1 aromatic carbocycles. The Balaban J connectivity index is 2.67. The molecule has 7 heteroatoms. The first-order valence-electron chi connectivity index (χ1n) is 6.07. The number of benzene rings is 1. The monoisotopic (exact) mass is 298 g/mol. The molecule has 0 bridgehead atoms. The van der Waals surface area contributed by atoms with E-state index in [1.165, 1.54) is 6.08 Å². The van der Waals surface area contributed by atoms with Crippen LogP contribution in [0.25, 0.3) is 6.08 Å². The van der Waals surface area contributed by atoms with Gasteiger partial charge in [0.15, 0.2) is 0 Å². The number of anilines is 1. The average Bonchev–Trinajstić information content (AvgIpc) is 2.35. The second-order valence-electron chi connectivity index (χ2n) is 4.64. The minimum absolute atomic E-state index is 0.218. The van der Waals surface area contributed by atoms with Crippen molar-refractivity contribution in [3.63, 3.8) is 0 Å². The molecular weight excluding hydrogens is 280 g/mol. The van der Waals surface area contributed by atoms with Crippen LogP contribution in [0.3, 0.4) is 0 Å². The van der Waals surface area contributed by atoms with Crippen LogP contribution in [0.1, 0.15) is 19.4 Å². The molecule has 0 saturated carbocycles. The van der Waals surface area contributed by atoms with Gasteiger partial charge >= 0.3 is 5.97 Å². The zero-order valence-corrected chi connectivity index (χ0v) is 12.1. The summed E-state index contributed by atoms with van der Waals surface area (Å²) in [5.41, 5.74) is 1.08. The Bertz CT molecular complexity index is 577. The highest BCUT2D eigenvalue weighted by atomic mass is 32.2. The summed E-state index contributed by atoms with van der Waals surface area (Å²) in [6.07, 6.45) is 2.45. The van der Waals surface area contributed by atoms with Crippen LogP contribution >= 0.6 is 0 Å². The molecule has 0 aromatic heterocycles. The van der Waals surface area contributed by atoms with E-state index in [2.05, 4.69) is 9.44 Å². The lowest BCUT2D eigenvalue weighted by atomic mass is 10.2. The maximum absolute atomic E-state index is 11.7. The van der Waals surface area contributed by atoms with E-state index in [0.29, 0.717) is 17.8 Å². The zero-order chi connectivity index (χ0) is 15.2. The van der Waals surface area contributed by atoms with Crippen LogP contribution in [0, 0.1) is 5.92 Å². The van der Waals surface area contributed by atoms with Gasteiger partial charge in [-0.2, -0.15) is 13.1 Å². The van der Waals surface area contributed by atoms with Crippen LogP contribution in [-0.2, 0) is 15.0 Å². The third-order valence-corrected chi connectivity index (χ3v) is 3.31. The maximum atomic E-state index is 11.7. The summed E-state index contributed by atoms with van der Waals surface area (Å²) in [5.74, 6) is -0.817. The first kappa shape index (κ1) is 16.2. The summed E-state index contributed by atoms with van der Waals surface area (Å²) < 4.78 is 28.2. The van der Waals surface area contributed by atoms with Crippen molar-refractivity contribution >= 4 is 27.9 Å². The van der Waals surface area contributed by atoms with Gasteiger partial charge in [-0.05, 0) is 29.7 Å². The van der Waals surface area contributed by atoms with Gasteiger partial charge in [0, 0.05) is 18.3 Å². The van der Waals surface area contributed by atoms with Crippen LogP contribution in [0.4, 0.5) is 5.69 Å². The minimum Gasteiger partial charge on any atom is -0.478 e. The van der Waals surface area contributed by atoms with E-state index in [-0.39, 0.29) is 5.92 Å². The van der Waals surface area contributed by atoms with Crippen molar-refractivity contribution in [2.24, 2.45) is 5.92 Å². The number of carbonyl (C=O) groups is 1. The number of aliphatic carboxylic acids is 1. The minimum atomic E-state index is -3.58. The number of rotatable bonds is 7. The molecule has 0 saturated heterocycles. The predicted molar refractivity (Wildman–Crippen MR) is 78.5 cm³/mol. The molecule has 20 heavy (non-hydrogen) atoms. The van der Waals surface area contributed by atoms with Gasteiger partial charge in [0.05, 0.1) is 0 Å². The van der Waals surface area contributed by atoms with Crippen molar-refractivity contribution in [1.82, 2.24) is 4.72 Å². The predicted octanol–water partition coefficient (Wildman–Crippen LogP) is 1.69. The quantitative estimate of drug-likeness (QED) is 0.667. The van der Waals surface area contributed by atoms with Crippen molar-refractivity contribution in [3.8, 4) is 0 Å². The molecular formula is C13H18N2O4S. The summed E-state index contributed by atoms with van der Waals surface area (Å²) in [5, 5.41) is 8.50. The number of hydrogen-bond donors (Lipinski definition) is 3. The Hall–Kier alpha value is -1.86. The van der Waals surface area contributed by atoms with Crippen molar-refractivity contribution in [2.75, 3.05) is 11.3 Å². The number of carboxylic acid groups (broad SMARTS) is 1. The Morgan fingerprint density at radius 2 is 1.90 bits per heavy atom. The van der Waals surface area contributed by atoms with Crippen LogP contribution < -0.4 is 9.44 Å². The molecule has 0 amide bonds. The molecule has 1 aromatic rings. The normalized spacial score (nSPS) is 11.9. The van der Waals surface area contributed by atoms with E-state index in [0.717, 1.165) is 6.08 Å². The van der Waals surface area contributed by atoms with Crippen LogP contribution in [0.2, 0.25) is 0 Å². The molecule has 0 heterocycles. The molecule has 6 nitrogen and oxygen atoms in total. The SMILES string of the molecule is CC(C)CNS(=O)(=O)Nc1ccc(/C=C/C(=O)O)cc1. The van der Waals surface area contributed by atoms with E-state index in [4.69, 9.17) is 5.11 Å². The van der Waals surface area contributed by atoms with Crippen molar-refractivity contribution in [1.29, 1.82) is 0 Å². The average molecular weight is 298 g/mol. The summed E-state index contributed by atoms with van der Waals surface area (Å²) in [6.45, 7) is 4.17. The topological polar surface area (TPSA) is 95.5 Å². The Morgan fingerprint density at radius 3 is 2.40 bits per heavy atom. The largest absolute Gasteiger partial charge is 0.478 e. The summed E-state index contributed by atoms with van der Waals surface area (Å²) in [7, 11) is -3.58. The molecule has 0 aliphatic heterocycles. The van der Waals surface area contributed by atoms with E-state index in [1.807, 2.05) is 13.8 Å². The van der Waals surface area contributed by atoms with Gasteiger partial charge in [0.25, 0.3) is 10.2 Å². The lowest BCUT2D eigenvalue weighted by molar-refractivity contribution is -0.131. The Morgan fingerprint density at radius 1 is 1.30 bits per heavy atom. The van der Waals surface area contributed by atoms with Crippen molar-refractivity contribution < 1.29 is 18.3 Å². The number of carboxylic acids is 1. The van der Waals surface area contributed by atoms with Gasteiger partial charge in [0.1, 0.15) is 0 Å². The molecule has 1 rings (SSSR count). The van der Waals surface area contributed by atoms with Crippen LogP contribution in [0.5, 0.6) is 0 Å². The zero-order valence-electron chi connectivity index (χ0n) is 11.3. The van der Waals surface area contributed by atoms with Crippen LogP contribution in [0.15, 0.2) is 30.3 Å². The van der Waals surface area contributed by atoms with Gasteiger partial charge in [0.2, 0.25) is 0 Å². The van der Waals surface area contributed by atoms with Gasteiger partial charge in [-0.15, -0.1) is 0 Å². The molecule has 0 aliphatic rings. The molecule has 0 spiro atoms.